The molecule has 58 valence electrons. The molecule has 0 saturated heterocycles. The molecular weight excluding hydrogens is 136 g/mol. The van der Waals surface area contributed by atoms with Crippen molar-refractivity contribution in [1.29, 1.82) is 0 Å². The minimum Gasteiger partial charge on any atom is -0.303 e. The van der Waals surface area contributed by atoms with Crippen LogP contribution in [0.3, 0.4) is 0 Å². The molecule has 1 amide bonds. The van der Waals surface area contributed by atoms with E-state index in [4.69, 9.17) is 0 Å². The predicted molar refractivity (Wildman–Crippen MR) is 33.3 cm³/mol. The van der Waals surface area contributed by atoms with E-state index in [1.165, 1.54) is 7.05 Å². The van der Waals surface area contributed by atoms with Gasteiger partial charge in [0.1, 0.15) is 6.29 Å². The molecule has 0 fully saturated rings. The average molecular weight is 146 g/mol. The summed E-state index contributed by atoms with van der Waals surface area (Å²) in [6.45, 7) is 0. The summed E-state index contributed by atoms with van der Waals surface area (Å²) >= 11 is 0. The predicted octanol–water partition coefficient (Wildman–Crippen LogP) is -0.771. The lowest BCUT2D eigenvalue weighted by atomic mass is 10.3. The van der Waals surface area contributed by atoms with Crippen LogP contribution in [0.15, 0.2) is 0 Å². The number of amides is 1. The molecule has 5 heteroatoms. The molecular formula is C5H10N2O3. The first kappa shape index (κ1) is 9.06. The van der Waals surface area contributed by atoms with Crippen LogP contribution in [0.1, 0.15) is 12.8 Å². The number of carbonyl (C=O) groups is 2. The van der Waals surface area contributed by atoms with Gasteiger partial charge in [-0.1, -0.05) is 0 Å². The van der Waals surface area contributed by atoms with E-state index < -0.39 is 0 Å². The van der Waals surface area contributed by atoms with Crippen LogP contribution in [0.25, 0.3) is 0 Å². The zero-order valence-corrected chi connectivity index (χ0v) is 5.74. The number of rotatable bonds is 4. The molecule has 0 aliphatic rings. The van der Waals surface area contributed by atoms with Crippen LogP contribution in [-0.2, 0) is 14.5 Å². The van der Waals surface area contributed by atoms with Gasteiger partial charge in [-0.25, -0.2) is 5.06 Å². The largest absolute Gasteiger partial charge is 0.303 e. The molecule has 0 unspecified atom stereocenters. The molecule has 10 heavy (non-hydrogen) atoms. The highest BCUT2D eigenvalue weighted by Gasteiger charge is 2.05. The number of hydrogen-bond donors (Lipinski definition) is 1. The minimum absolute atomic E-state index is 0.136. The third kappa shape index (κ3) is 3.16. The van der Waals surface area contributed by atoms with Crippen LogP contribution in [0, 0.1) is 0 Å². The van der Waals surface area contributed by atoms with Gasteiger partial charge in [0.2, 0.25) is 5.91 Å². The van der Waals surface area contributed by atoms with E-state index in [0.717, 1.165) is 5.06 Å². The van der Waals surface area contributed by atoms with Crippen LogP contribution in [0.5, 0.6) is 0 Å². The summed E-state index contributed by atoms with van der Waals surface area (Å²) in [6, 6.07) is 0. The van der Waals surface area contributed by atoms with Gasteiger partial charge in [-0.2, -0.15) is 10.8 Å². The number of carbonyl (C=O) groups excluding carboxylic acids is 2. The molecule has 0 spiro atoms. The zero-order valence-electron chi connectivity index (χ0n) is 5.74. The molecule has 0 atom stereocenters. The number of hydroxylamine groups is 2. The number of nitrogens with zero attached hydrogens (tertiary/aromatic N) is 1. The average Bonchev–Trinajstić information content (AvgIpc) is 1.98. The number of nitrogens with two attached hydrogens (primary N) is 1. The Hall–Kier alpha value is -0.940. The fourth-order valence-electron chi connectivity index (χ4n) is 0.399. The first-order valence-corrected chi connectivity index (χ1v) is 2.79. The van der Waals surface area contributed by atoms with Crippen LogP contribution in [0.4, 0.5) is 0 Å². The highest BCUT2D eigenvalue weighted by Crippen LogP contribution is 1.91. The van der Waals surface area contributed by atoms with Gasteiger partial charge in [-0.05, 0) is 0 Å². The lowest BCUT2D eigenvalue weighted by Crippen LogP contribution is -2.29. The molecule has 0 aromatic rings. The van der Waals surface area contributed by atoms with Crippen LogP contribution in [0.2, 0.25) is 0 Å². The van der Waals surface area contributed by atoms with E-state index in [9.17, 15) is 9.59 Å². The van der Waals surface area contributed by atoms with E-state index in [0.29, 0.717) is 6.29 Å². The smallest absolute Gasteiger partial charge is 0.247 e. The van der Waals surface area contributed by atoms with Crippen molar-refractivity contribution in [3.8, 4) is 0 Å². The van der Waals surface area contributed by atoms with Crippen molar-refractivity contribution in [3.05, 3.63) is 0 Å². The molecule has 5 nitrogen and oxygen atoms in total. The maximum atomic E-state index is 10.7. The van der Waals surface area contributed by atoms with Gasteiger partial charge in [0.05, 0.1) is 0 Å². The van der Waals surface area contributed by atoms with Crippen molar-refractivity contribution in [1.82, 2.24) is 5.06 Å². The lowest BCUT2D eigenvalue weighted by Gasteiger charge is -2.10. The molecule has 0 saturated carbocycles. The van der Waals surface area contributed by atoms with Crippen LogP contribution >= 0.6 is 0 Å². The summed E-state index contributed by atoms with van der Waals surface area (Å²) < 4.78 is 0. The molecule has 0 aromatic heterocycles. The van der Waals surface area contributed by atoms with Gasteiger partial charge in [0.15, 0.2) is 0 Å². The summed E-state index contributed by atoms with van der Waals surface area (Å²) in [5.74, 6) is 4.35. The van der Waals surface area contributed by atoms with Gasteiger partial charge in [0, 0.05) is 19.9 Å². The topological polar surface area (TPSA) is 72.6 Å². The Morgan fingerprint density at radius 2 is 2.40 bits per heavy atom. The number of hydrogen-bond acceptors (Lipinski definition) is 4. The normalized spacial score (nSPS) is 9.00. The second-order valence-electron chi connectivity index (χ2n) is 1.70. The van der Waals surface area contributed by atoms with E-state index in [1.54, 1.807) is 0 Å². The van der Waals surface area contributed by atoms with Crippen molar-refractivity contribution in [2.45, 2.75) is 12.8 Å². The van der Waals surface area contributed by atoms with Crippen LogP contribution < -0.4 is 5.90 Å². The molecule has 0 radical (unpaired) electrons. The van der Waals surface area contributed by atoms with E-state index >= 15 is 0 Å². The lowest BCUT2D eigenvalue weighted by molar-refractivity contribution is -0.180. The third-order valence-electron chi connectivity index (χ3n) is 0.985. The third-order valence-corrected chi connectivity index (χ3v) is 0.985. The monoisotopic (exact) mass is 146 g/mol. The molecule has 0 aromatic carbocycles. The summed E-state index contributed by atoms with van der Waals surface area (Å²) in [5.41, 5.74) is 0. The zero-order chi connectivity index (χ0) is 7.98. The van der Waals surface area contributed by atoms with Gasteiger partial charge in [0.25, 0.3) is 0 Å². The van der Waals surface area contributed by atoms with Gasteiger partial charge in [-0.15, -0.1) is 0 Å². The fourth-order valence-corrected chi connectivity index (χ4v) is 0.399. The second kappa shape index (κ2) is 4.89. The Balaban J connectivity index is 3.51. The molecule has 0 bridgehead atoms. The van der Waals surface area contributed by atoms with Crippen molar-refractivity contribution >= 4 is 12.2 Å². The Bertz CT molecular complexity index is 126. The SMILES string of the molecule is CN(ON)C(=O)CCC=O. The summed E-state index contributed by atoms with van der Waals surface area (Å²) in [6.07, 6.45) is 1.01. The maximum absolute atomic E-state index is 10.7. The van der Waals surface area contributed by atoms with Crippen molar-refractivity contribution < 1.29 is 14.5 Å². The van der Waals surface area contributed by atoms with E-state index in [1.807, 2.05) is 0 Å². The van der Waals surface area contributed by atoms with Gasteiger partial charge >= 0.3 is 0 Å². The second-order valence-corrected chi connectivity index (χ2v) is 1.70. The molecule has 0 aliphatic carbocycles. The summed E-state index contributed by atoms with van der Waals surface area (Å²) in [5, 5.41) is 0.878. The summed E-state index contributed by atoms with van der Waals surface area (Å²) in [4.78, 5) is 24.5. The molecule has 0 rings (SSSR count). The maximum Gasteiger partial charge on any atom is 0.247 e. The Labute approximate surface area is 58.6 Å². The molecule has 0 aliphatic heterocycles. The van der Waals surface area contributed by atoms with Crippen molar-refractivity contribution in [3.63, 3.8) is 0 Å². The first-order chi connectivity index (χ1) is 4.72. The highest BCUT2D eigenvalue weighted by atomic mass is 16.8. The Morgan fingerprint density at radius 3 is 2.80 bits per heavy atom. The van der Waals surface area contributed by atoms with Gasteiger partial charge < -0.3 is 4.79 Å². The Morgan fingerprint density at radius 1 is 1.80 bits per heavy atom. The number of aldehydes is 1. The van der Waals surface area contributed by atoms with E-state index in [2.05, 4.69) is 10.8 Å². The van der Waals surface area contributed by atoms with Crippen molar-refractivity contribution in [2.75, 3.05) is 7.05 Å². The summed E-state index contributed by atoms with van der Waals surface area (Å²) in [7, 11) is 1.38. The fraction of sp³-hybridized carbons (Fsp3) is 0.600. The first-order valence-electron chi connectivity index (χ1n) is 2.79. The molecule has 2 N–H and O–H groups in total. The Kier molecular flexibility index (Phi) is 4.43. The van der Waals surface area contributed by atoms with E-state index in [-0.39, 0.29) is 18.7 Å². The van der Waals surface area contributed by atoms with Crippen LogP contribution in [-0.4, -0.2) is 24.3 Å². The standard InChI is InChI=1S/C5H10N2O3/c1-7(10-6)5(9)3-2-4-8/h4H,2-3,6H2,1H3. The highest BCUT2D eigenvalue weighted by molar-refractivity contribution is 5.76. The minimum atomic E-state index is -0.311. The van der Waals surface area contributed by atoms with Crippen molar-refractivity contribution in [2.24, 2.45) is 5.90 Å². The quantitative estimate of drug-likeness (QED) is 0.417. The molecule has 0 heterocycles. The van der Waals surface area contributed by atoms with Gasteiger partial charge in [-0.3, -0.25) is 4.79 Å².